The second-order valence-electron chi connectivity index (χ2n) is 8.09. The van der Waals surface area contributed by atoms with Crippen molar-refractivity contribution in [3.8, 4) is 0 Å². The molecule has 0 radical (unpaired) electrons. The number of carbonyl (C=O) groups is 3. The largest absolute Gasteiger partial charge is 0.374 e. The van der Waals surface area contributed by atoms with E-state index in [9.17, 15) is 14.4 Å². The maximum absolute atomic E-state index is 12.3. The minimum Gasteiger partial charge on any atom is -0.374 e. The summed E-state index contributed by atoms with van der Waals surface area (Å²) in [6, 6.07) is 5.06. The molecule has 3 amide bonds. The summed E-state index contributed by atoms with van der Waals surface area (Å²) < 4.78 is 6.36. The van der Waals surface area contributed by atoms with Crippen LogP contribution in [0.1, 0.15) is 18.4 Å². The smallest absolute Gasteiger partial charge is 0.248 e. The van der Waals surface area contributed by atoms with Gasteiger partial charge in [0.2, 0.25) is 22.9 Å². The van der Waals surface area contributed by atoms with Gasteiger partial charge in [-0.15, -0.1) is 10.2 Å². The van der Waals surface area contributed by atoms with E-state index in [0.717, 1.165) is 18.7 Å². The Bertz CT molecular complexity index is 1090. The van der Waals surface area contributed by atoms with Crippen LogP contribution in [0.15, 0.2) is 22.5 Å². The number of morpholine rings is 1. The summed E-state index contributed by atoms with van der Waals surface area (Å²) in [6.07, 6.45) is 0.689. The average Bonchev–Trinajstić information content (AvgIpc) is 3.48. The molecule has 2 aromatic rings. The molecular formula is C21H24Cl2N6O4S2. The van der Waals surface area contributed by atoms with E-state index in [1.807, 2.05) is 12.1 Å². The van der Waals surface area contributed by atoms with Crippen LogP contribution in [0.2, 0.25) is 10.0 Å². The summed E-state index contributed by atoms with van der Waals surface area (Å²) in [4.78, 5) is 38.0. The molecule has 2 atom stereocenters. The minimum absolute atomic E-state index is 0.111. The third-order valence-corrected chi connectivity index (χ3v) is 8.13. The third-order valence-electron chi connectivity index (χ3n) is 5.42. The molecule has 2 aliphatic rings. The number of hydrogen-bond acceptors (Lipinski definition) is 9. The van der Waals surface area contributed by atoms with E-state index >= 15 is 0 Å². The van der Waals surface area contributed by atoms with E-state index in [1.54, 1.807) is 6.07 Å². The van der Waals surface area contributed by atoms with Crippen LogP contribution in [0.25, 0.3) is 0 Å². The second-order valence-corrected chi connectivity index (χ2v) is 11.1. The van der Waals surface area contributed by atoms with Crippen LogP contribution in [-0.2, 0) is 25.7 Å². The monoisotopic (exact) mass is 558 g/mol. The Hall–Kier alpha value is -1.96. The summed E-state index contributed by atoms with van der Waals surface area (Å²) in [5.41, 5.74) is 1.07. The van der Waals surface area contributed by atoms with Gasteiger partial charge in [0.05, 0.1) is 28.5 Å². The molecule has 0 saturated carbocycles. The van der Waals surface area contributed by atoms with Crippen LogP contribution < -0.4 is 16.0 Å². The van der Waals surface area contributed by atoms with Crippen molar-refractivity contribution in [1.82, 2.24) is 25.7 Å². The zero-order chi connectivity index (χ0) is 24.8. The fourth-order valence-corrected chi connectivity index (χ4v) is 5.58. The highest BCUT2D eigenvalue weighted by Crippen LogP contribution is 2.26. The van der Waals surface area contributed by atoms with Crippen molar-refractivity contribution in [3.05, 3.63) is 33.8 Å². The number of benzene rings is 1. The topological polar surface area (TPSA) is 126 Å². The molecule has 4 rings (SSSR count). The molecular weight excluding hydrogens is 535 g/mol. The average molecular weight is 560 g/mol. The highest BCUT2D eigenvalue weighted by atomic mass is 35.5. The van der Waals surface area contributed by atoms with Gasteiger partial charge in [-0.05, 0) is 24.1 Å². The lowest BCUT2D eigenvalue weighted by atomic mass is 10.2. The number of nitrogens with zero attached hydrogens (tertiary/aromatic N) is 3. The van der Waals surface area contributed by atoms with Crippen molar-refractivity contribution in [1.29, 1.82) is 0 Å². The predicted molar refractivity (Wildman–Crippen MR) is 135 cm³/mol. The number of ether oxygens (including phenoxy) is 1. The standard InChI is InChI=1S/C21H24Cl2N6O4S2/c22-14-2-1-12(7-15(14)23)9-29-5-6-33-13(10-29)8-24-18(31)11-34-21-28-27-20(35-21)26-19(32)16-3-4-17(30)25-16/h1-2,7,13,16H,3-6,8-11H2,(H,24,31)(H,25,30)(H,26,27,32)/t13-,16-/m0/s1. The van der Waals surface area contributed by atoms with E-state index in [0.29, 0.717) is 52.1 Å². The van der Waals surface area contributed by atoms with Crippen LogP contribution in [0.4, 0.5) is 5.13 Å². The second kappa shape index (κ2) is 12.3. The number of halogens is 2. The number of rotatable bonds is 9. The fourth-order valence-electron chi connectivity index (χ4n) is 3.67. The fraction of sp³-hybridized carbons (Fsp3) is 0.476. The van der Waals surface area contributed by atoms with Gasteiger partial charge < -0.3 is 15.4 Å². The van der Waals surface area contributed by atoms with Crippen LogP contribution in [0.3, 0.4) is 0 Å². The van der Waals surface area contributed by atoms with E-state index < -0.39 is 6.04 Å². The normalized spacial score (nSPS) is 20.5. The van der Waals surface area contributed by atoms with Crippen LogP contribution in [0, 0.1) is 0 Å². The molecule has 1 aromatic heterocycles. The quantitative estimate of drug-likeness (QED) is 0.316. The number of anilines is 1. The molecule has 2 aliphatic heterocycles. The van der Waals surface area contributed by atoms with E-state index in [-0.39, 0.29) is 29.6 Å². The van der Waals surface area contributed by atoms with Gasteiger partial charge in [-0.1, -0.05) is 52.4 Å². The maximum Gasteiger partial charge on any atom is 0.248 e. The van der Waals surface area contributed by atoms with E-state index in [1.165, 1.54) is 23.1 Å². The van der Waals surface area contributed by atoms with Crippen molar-refractivity contribution < 1.29 is 19.1 Å². The molecule has 0 spiro atoms. The van der Waals surface area contributed by atoms with Gasteiger partial charge in [0, 0.05) is 32.6 Å². The Balaban J connectivity index is 1.16. The number of carbonyl (C=O) groups excluding carboxylic acids is 3. The summed E-state index contributed by atoms with van der Waals surface area (Å²) in [7, 11) is 0. The molecule has 188 valence electrons. The molecule has 14 heteroatoms. The van der Waals surface area contributed by atoms with Crippen molar-refractivity contribution in [2.75, 3.05) is 37.3 Å². The van der Waals surface area contributed by atoms with Gasteiger partial charge in [-0.2, -0.15) is 0 Å². The van der Waals surface area contributed by atoms with Gasteiger partial charge >= 0.3 is 0 Å². The Morgan fingerprint density at radius 3 is 2.91 bits per heavy atom. The van der Waals surface area contributed by atoms with Crippen LogP contribution in [0.5, 0.6) is 0 Å². The lowest BCUT2D eigenvalue weighted by Gasteiger charge is -2.33. The van der Waals surface area contributed by atoms with E-state index in [2.05, 4.69) is 31.0 Å². The molecule has 0 bridgehead atoms. The highest BCUT2D eigenvalue weighted by molar-refractivity contribution is 8.01. The first kappa shape index (κ1) is 26.1. The third kappa shape index (κ3) is 7.76. The SMILES string of the molecule is O=C(CSc1nnc(NC(=O)[C@@H]2CCC(=O)N2)s1)NC[C@H]1CN(Cc2ccc(Cl)c(Cl)c2)CCO1. The number of hydrogen-bond donors (Lipinski definition) is 3. The Kier molecular flexibility index (Phi) is 9.20. The Morgan fingerprint density at radius 1 is 1.29 bits per heavy atom. The lowest BCUT2D eigenvalue weighted by Crippen LogP contribution is -2.47. The van der Waals surface area contributed by atoms with Crippen molar-refractivity contribution in [2.45, 2.75) is 35.9 Å². The number of thioether (sulfide) groups is 1. The molecule has 1 aromatic carbocycles. The van der Waals surface area contributed by atoms with Crippen molar-refractivity contribution >= 4 is 69.2 Å². The summed E-state index contributed by atoms with van der Waals surface area (Å²) in [6.45, 7) is 3.20. The van der Waals surface area contributed by atoms with Crippen LogP contribution in [-0.4, -0.2) is 77.0 Å². The Morgan fingerprint density at radius 2 is 2.14 bits per heavy atom. The number of amides is 3. The van der Waals surface area contributed by atoms with Gasteiger partial charge in [0.1, 0.15) is 6.04 Å². The number of nitrogens with one attached hydrogen (secondary N) is 3. The molecule has 35 heavy (non-hydrogen) atoms. The number of aromatic nitrogens is 2. The molecule has 3 N–H and O–H groups in total. The maximum atomic E-state index is 12.3. The van der Waals surface area contributed by atoms with Gasteiger partial charge in [-0.3, -0.25) is 24.6 Å². The van der Waals surface area contributed by atoms with Gasteiger partial charge in [0.25, 0.3) is 0 Å². The van der Waals surface area contributed by atoms with Crippen LogP contribution >= 0.6 is 46.3 Å². The lowest BCUT2D eigenvalue weighted by molar-refractivity contribution is -0.122. The molecule has 2 fully saturated rings. The minimum atomic E-state index is -0.546. The molecule has 0 unspecified atom stereocenters. The molecule has 10 nitrogen and oxygen atoms in total. The first-order chi connectivity index (χ1) is 16.9. The zero-order valence-corrected chi connectivity index (χ0v) is 21.7. The summed E-state index contributed by atoms with van der Waals surface area (Å²) in [5.74, 6) is -0.430. The molecule has 3 heterocycles. The highest BCUT2D eigenvalue weighted by Gasteiger charge is 2.28. The summed E-state index contributed by atoms with van der Waals surface area (Å²) >= 11 is 14.5. The van der Waals surface area contributed by atoms with Crippen molar-refractivity contribution in [3.63, 3.8) is 0 Å². The molecule has 0 aliphatic carbocycles. The first-order valence-corrected chi connectivity index (χ1v) is 13.5. The van der Waals surface area contributed by atoms with Gasteiger partial charge in [-0.25, -0.2) is 0 Å². The van der Waals surface area contributed by atoms with Crippen molar-refractivity contribution in [2.24, 2.45) is 0 Å². The van der Waals surface area contributed by atoms with Gasteiger partial charge in [0.15, 0.2) is 4.34 Å². The first-order valence-electron chi connectivity index (χ1n) is 11.0. The zero-order valence-electron chi connectivity index (χ0n) is 18.6. The molecule has 2 saturated heterocycles. The Labute approximate surface area is 220 Å². The van der Waals surface area contributed by atoms with E-state index in [4.69, 9.17) is 27.9 Å². The summed E-state index contributed by atoms with van der Waals surface area (Å²) in [5, 5.41) is 17.5. The predicted octanol–water partition coefficient (Wildman–Crippen LogP) is 2.17.